The maximum Gasteiger partial charge on any atom is 0.311 e. The molecule has 3 nitrogen and oxygen atoms in total. The molecule has 0 N–H and O–H groups in total. The summed E-state index contributed by atoms with van der Waals surface area (Å²) >= 11 is 0. The molecule has 1 aromatic rings. The third kappa shape index (κ3) is 2.37. The van der Waals surface area contributed by atoms with Crippen LogP contribution in [0.2, 0.25) is 0 Å². The fraction of sp³-hybridized carbons (Fsp3) is 0.250. The summed E-state index contributed by atoms with van der Waals surface area (Å²) in [7, 11) is 1.63. The highest BCUT2D eigenvalue weighted by Crippen LogP contribution is 2.21. The molecular formula is C12H12O3. The second kappa shape index (κ2) is 4.17. The predicted molar refractivity (Wildman–Crippen MR) is 56.3 cm³/mol. The van der Waals surface area contributed by atoms with Gasteiger partial charge in [-0.3, -0.25) is 4.79 Å². The first-order valence-corrected chi connectivity index (χ1v) is 4.83. The number of allylic oxidation sites excluding steroid dienone is 1. The van der Waals surface area contributed by atoms with E-state index < -0.39 is 0 Å². The van der Waals surface area contributed by atoms with Gasteiger partial charge in [0.1, 0.15) is 11.5 Å². The molecule has 0 unspecified atom stereocenters. The van der Waals surface area contributed by atoms with E-state index >= 15 is 0 Å². The van der Waals surface area contributed by atoms with Crippen molar-refractivity contribution in [2.75, 3.05) is 7.11 Å². The van der Waals surface area contributed by atoms with E-state index in [1.54, 1.807) is 7.11 Å². The number of esters is 1. The van der Waals surface area contributed by atoms with Crippen molar-refractivity contribution in [1.29, 1.82) is 0 Å². The molecule has 78 valence electrons. The molecule has 0 saturated carbocycles. The van der Waals surface area contributed by atoms with Gasteiger partial charge >= 0.3 is 5.97 Å². The van der Waals surface area contributed by atoms with E-state index in [0.717, 1.165) is 17.1 Å². The summed E-state index contributed by atoms with van der Waals surface area (Å²) in [6.45, 7) is 0. The SMILES string of the molecule is COc1ccc(/C=C2\CCC(=O)O2)cc1. The van der Waals surface area contributed by atoms with Gasteiger partial charge in [0.15, 0.2) is 0 Å². The highest BCUT2D eigenvalue weighted by atomic mass is 16.5. The van der Waals surface area contributed by atoms with Crippen LogP contribution in [0.25, 0.3) is 6.08 Å². The van der Waals surface area contributed by atoms with Crippen LogP contribution < -0.4 is 4.74 Å². The molecule has 0 aliphatic carbocycles. The summed E-state index contributed by atoms with van der Waals surface area (Å²) in [5, 5.41) is 0. The van der Waals surface area contributed by atoms with Gasteiger partial charge in [-0.15, -0.1) is 0 Å². The third-order valence-corrected chi connectivity index (χ3v) is 2.26. The molecule has 0 radical (unpaired) electrons. The van der Waals surface area contributed by atoms with Gasteiger partial charge in [-0.05, 0) is 23.8 Å². The van der Waals surface area contributed by atoms with Crippen molar-refractivity contribution in [2.24, 2.45) is 0 Å². The Bertz CT molecular complexity index is 390. The summed E-state index contributed by atoms with van der Waals surface area (Å²) in [5.41, 5.74) is 1.01. The van der Waals surface area contributed by atoms with E-state index in [1.165, 1.54) is 0 Å². The van der Waals surface area contributed by atoms with E-state index in [0.29, 0.717) is 12.8 Å². The number of carbonyl (C=O) groups is 1. The second-order valence-corrected chi connectivity index (χ2v) is 3.36. The summed E-state index contributed by atoms with van der Waals surface area (Å²) in [6.07, 6.45) is 3.07. The zero-order valence-electron chi connectivity index (χ0n) is 8.53. The third-order valence-electron chi connectivity index (χ3n) is 2.26. The van der Waals surface area contributed by atoms with E-state index in [1.807, 2.05) is 30.3 Å². The summed E-state index contributed by atoms with van der Waals surface area (Å²) in [4.78, 5) is 10.9. The topological polar surface area (TPSA) is 35.5 Å². The van der Waals surface area contributed by atoms with Crippen molar-refractivity contribution in [3.63, 3.8) is 0 Å². The maximum atomic E-state index is 10.9. The van der Waals surface area contributed by atoms with E-state index in [2.05, 4.69) is 0 Å². The zero-order chi connectivity index (χ0) is 10.7. The van der Waals surface area contributed by atoms with Crippen molar-refractivity contribution in [2.45, 2.75) is 12.8 Å². The molecule has 1 aliphatic heterocycles. The average Bonchev–Trinajstić information content (AvgIpc) is 2.65. The number of ether oxygens (including phenoxy) is 2. The lowest BCUT2D eigenvalue weighted by molar-refractivity contribution is -0.135. The van der Waals surface area contributed by atoms with Crippen LogP contribution in [-0.2, 0) is 9.53 Å². The molecule has 0 bridgehead atoms. The lowest BCUT2D eigenvalue weighted by Gasteiger charge is -2.00. The average molecular weight is 204 g/mol. The molecule has 1 saturated heterocycles. The lowest BCUT2D eigenvalue weighted by Crippen LogP contribution is -1.89. The molecule has 0 aromatic heterocycles. The number of methoxy groups -OCH3 is 1. The van der Waals surface area contributed by atoms with E-state index in [4.69, 9.17) is 9.47 Å². The smallest absolute Gasteiger partial charge is 0.311 e. The number of rotatable bonds is 2. The van der Waals surface area contributed by atoms with Crippen molar-refractivity contribution in [3.8, 4) is 5.75 Å². The van der Waals surface area contributed by atoms with Crippen LogP contribution in [-0.4, -0.2) is 13.1 Å². The Morgan fingerprint density at radius 2 is 2.00 bits per heavy atom. The first kappa shape index (κ1) is 9.77. The zero-order valence-corrected chi connectivity index (χ0v) is 8.53. The van der Waals surface area contributed by atoms with Crippen molar-refractivity contribution in [3.05, 3.63) is 35.6 Å². The van der Waals surface area contributed by atoms with Gasteiger partial charge in [-0.25, -0.2) is 0 Å². The van der Waals surface area contributed by atoms with Crippen molar-refractivity contribution < 1.29 is 14.3 Å². The van der Waals surface area contributed by atoms with Gasteiger partial charge in [-0.2, -0.15) is 0 Å². The Kier molecular flexibility index (Phi) is 2.72. The highest BCUT2D eigenvalue weighted by molar-refractivity contribution is 5.75. The minimum Gasteiger partial charge on any atom is -0.497 e. The van der Waals surface area contributed by atoms with E-state index in [9.17, 15) is 4.79 Å². The summed E-state index contributed by atoms with van der Waals surface area (Å²) < 4.78 is 10.1. The standard InChI is InChI=1S/C12H12O3/c1-14-10-4-2-9(3-5-10)8-11-6-7-12(13)15-11/h2-5,8H,6-7H2,1H3/b11-8+. The Morgan fingerprint density at radius 1 is 1.27 bits per heavy atom. The quantitative estimate of drug-likeness (QED) is 0.694. The maximum absolute atomic E-state index is 10.9. The number of carbonyl (C=O) groups excluding carboxylic acids is 1. The minimum atomic E-state index is -0.144. The van der Waals surface area contributed by atoms with Gasteiger partial charge in [0, 0.05) is 6.42 Å². The van der Waals surface area contributed by atoms with Crippen LogP contribution in [0.5, 0.6) is 5.75 Å². The molecule has 0 atom stereocenters. The first-order chi connectivity index (χ1) is 7.28. The molecule has 1 aliphatic rings. The van der Waals surface area contributed by atoms with Gasteiger partial charge in [0.05, 0.1) is 13.5 Å². The molecule has 2 rings (SSSR count). The van der Waals surface area contributed by atoms with Crippen LogP contribution in [0, 0.1) is 0 Å². The fourth-order valence-corrected chi connectivity index (χ4v) is 1.46. The van der Waals surface area contributed by atoms with Crippen molar-refractivity contribution >= 4 is 12.0 Å². The Hall–Kier alpha value is -1.77. The lowest BCUT2D eigenvalue weighted by atomic mass is 10.2. The minimum absolute atomic E-state index is 0.144. The van der Waals surface area contributed by atoms with Gasteiger partial charge in [0.25, 0.3) is 0 Å². The van der Waals surface area contributed by atoms with E-state index in [-0.39, 0.29) is 5.97 Å². The molecular weight excluding hydrogens is 192 g/mol. The molecule has 1 aromatic carbocycles. The Balaban J connectivity index is 2.13. The number of hydrogen-bond acceptors (Lipinski definition) is 3. The van der Waals surface area contributed by atoms with Crippen LogP contribution >= 0.6 is 0 Å². The predicted octanol–water partition coefficient (Wildman–Crippen LogP) is 2.37. The molecule has 0 amide bonds. The molecule has 1 heterocycles. The van der Waals surface area contributed by atoms with Gasteiger partial charge in [-0.1, -0.05) is 12.1 Å². The molecule has 3 heteroatoms. The van der Waals surface area contributed by atoms with Crippen molar-refractivity contribution in [1.82, 2.24) is 0 Å². The van der Waals surface area contributed by atoms with Gasteiger partial charge < -0.3 is 9.47 Å². The number of hydrogen-bond donors (Lipinski definition) is 0. The monoisotopic (exact) mass is 204 g/mol. The highest BCUT2D eigenvalue weighted by Gasteiger charge is 2.16. The van der Waals surface area contributed by atoms with Gasteiger partial charge in [0.2, 0.25) is 0 Å². The Morgan fingerprint density at radius 3 is 2.53 bits per heavy atom. The normalized spacial score (nSPS) is 17.9. The largest absolute Gasteiger partial charge is 0.497 e. The fourth-order valence-electron chi connectivity index (χ4n) is 1.46. The summed E-state index contributed by atoms with van der Waals surface area (Å²) in [5.74, 6) is 1.42. The molecule has 1 fully saturated rings. The molecule has 0 spiro atoms. The Labute approximate surface area is 88.3 Å². The second-order valence-electron chi connectivity index (χ2n) is 3.36. The van der Waals surface area contributed by atoms with Crippen LogP contribution in [0.15, 0.2) is 30.0 Å². The van der Waals surface area contributed by atoms with Crippen LogP contribution in [0.4, 0.5) is 0 Å². The summed E-state index contributed by atoms with van der Waals surface area (Å²) in [6, 6.07) is 7.61. The number of cyclic esters (lactones) is 1. The first-order valence-electron chi connectivity index (χ1n) is 4.83. The number of benzene rings is 1. The molecule has 15 heavy (non-hydrogen) atoms. The van der Waals surface area contributed by atoms with Crippen LogP contribution in [0.1, 0.15) is 18.4 Å². The van der Waals surface area contributed by atoms with Crippen LogP contribution in [0.3, 0.4) is 0 Å².